The lowest BCUT2D eigenvalue weighted by molar-refractivity contribution is -0.0520. The Bertz CT molecular complexity index is 743. The minimum Gasteiger partial charge on any atom is -0.490 e. The van der Waals surface area contributed by atoms with Crippen LogP contribution in [0.15, 0.2) is 27.7 Å². The number of aromatic nitrogens is 2. The number of guanidine groups is 1. The topological polar surface area (TPSA) is 93.8 Å². The van der Waals surface area contributed by atoms with Crippen molar-refractivity contribution in [3.8, 4) is 11.5 Å². The van der Waals surface area contributed by atoms with E-state index < -0.39 is 6.61 Å². The van der Waals surface area contributed by atoms with Gasteiger partial charge in [-0.25, -0.2) is 0 Å². The molecule has 0 saturated heterocycles. The molecule has 27 heavy (non-hydrogen) atoms. The van der Waals surface area contributed by atoms with Gasteiger partial charge in [-0.1, -0.05) is 17.3 Å². The number of benzene rings is 1. The maximum absolute atomic E-state index is 12.7. The third-order valence-electron chi connectivity index (χ3n) is 3.22. The van der Waals surface area contributed by atoms with Gasteiger partial charge in [0.25, 0.3) is 0 Å². The van der Waals surface area contributed by atoms with Crippen LogP contribution in [0.3, 0.4) is 0 Å². The average Bonchev–Trinajstić information content (AvgIpc) is 3.02. The summed E-state index contributed by atoms with van der Waals surface area (Å²) in [5.41, 5.74) is 0.509. The number of aryl methyl sites for hydroxylation is 1. The van der Waals surface area contributed by atoms with Crippen LogP contribution in [0.4, 0.5) is 8.78 Å². The lowest BCUT2D eigenvalue weighted by Crippen LogP contribution is -2.36. The predicted octanol–water partition coefficient (Wildman–Crippen LogP) is 2.86. The highest BCUT2D eigenvalue weighted by molar-refractivity contribution is 14.0. The van der Waals surface area contributed by atoms with Crippen LogP contribution in [-0.4, -0.2) is 36.4 Å². The third kappa shape index (κ3) is 7.15. The summed E-state index contributed by atoms with van der Waals surface area (Å²) in [4.78, 5) is 8.13. The zero-order valence-corrected chi connectivity index (χ0v) is 17.5. The van der Waals surface area contributed by atoms with Gasteiger partial charge in [0, 0.05) is 26.1 Å². The van der Waals surface area contributed by atoms with Crippen molar-refractivity contribution >= 4 is 29.9 Å². The van der Waals surface area contributed by atoms with Crippen LogP contribution in [0.1, 0.15) is 24.2 Å². The molecule has 1 aromatic heterocycles. The molecule has 0 aliphatic rings. The molecule has 0 unspecified atom stereocenters. The quantitative estimate of drug-likeness (QED) is 0.329. The number of nitrogens with one attached hydrogen (secondary N) is 2. The van der Waals surface area contributed by atoms with Crippen LogP contribution in [0.2, 0.25) is 0 Å². The summed E-state index contributed by atoms with van der Waals surface area (Å²) in [7, 11) is 1.59. The highest BCUT2D eigenvalue weighted by Crippen LogP contribution is 2.32. The smallest absolute Gasteiger partial charge is 0.387 e. The Hall–Kier alpha value is -2.18. The number of hydrogen-bond donors (Lipinski definition) is 2. The first kappa shape index (κ1) is 22.9. The minimum atomic E-state index is -2.95. The Labute approximate surface area is 172 Å². The number of nitrogens with zero attached hydrogens (tertiary/aromatic N) is 3. The second kappa shape index (κ2) is 11.5. The van der Waals surface area contributed by atoms with Crippen molar-refractivity contribution in [1.82, 2.24) is 20.8 Å². The molecule has 0 aliphatic heterocycles. The van der Waals surface area contributed by atoms with E-state index in [4.69, 9.17) is 9.26 Å². The number of alkyl halides is 2. The number of ether oxygens (including phenoxy) is 2. The van der Waals surface area contributed by atoms with Gasteiger partial charge in [0.05, 0.1) is 13.2 Å². The molecule has 8 nitrogen and oxygen atoms in total. The molecule has 0 aliphatic carbocycles. The molecule has 0 fully saturated rings. The van der Waals surface area contributed by atoms with E-state index in [0.29, 0.717) is 36.4 Å². The molecule has 1 heterocycles. The van der Waals surface area contributed by atoms with E-state index in [1.807, 2.05) is 0 Å². The summed E-state index contributed by atoms with van der Waals surface area (Å²) in [6, 6.07) is 4.96. The van der Waals surface area contributed by atoms with Crippen molar-refractivity contribution in [1.29, 1.82) is 0 Å². The standard InChI is InChI=1S/C16H21F2N5O3.HI/c1-4-24-12-7-5-6-11(14(12)25-15(17)18)8-20-16(19-3)21-9-13-22-10(2)26-23-13;/h5-7,15H,4,8-9H2,1-3H3,(H2,19,20,21);1H. The summed E-state index contributed by atoms with van der Waals surface area (Å²) < 4.78 is 40.4. The van der Waals surface area contributed by atoms with Gasteiger partial charge in [-0.3, -0.25) is 4.99 Å². The average molecular weight is 497 g/mol. The fourth-order valence-corrected chi connectivity index (χ4v) is 2.17. The fourth-order valence-electron chi connectivity index (χ4n) is 2.17. The van der Waals surface area contributed by atoms with Crippen LogP contribution < -0.4 is 20.1 Å². The van der Waals surface area contributed by atoms with Crippen LogP contribution in [0.25, 0.3) is 0 Å². The Morgan fingerprint density at radius 2 is 2.04 bits per heavy atom. The molecule has 2 aromatic rings. The molecule has 0 amide bonds. The largest absolute Gasteiger partial charge is 0.490 e. The molecule has 150 valence electrons. The van der Waals surface area contributed by atoms with Crippen LogP contribution in [-0.2, 0) is 13.1 Å². The molecule has 0 spiro atoms. The van der Waals surface area contributed by atoms with Crippen molar-refractivity contribution in [3.05, 3.63) is 35.5 Å². The molecule has 0 bridgehead atoms. The second-order valence-corrected chi connectivity index (χ2v) is 5.06. The first-order chi connectivity index (χ1) is 12.5. The van der Waals surface area contributed by atoms with E-state index in [1.54, 1.807) is 39.1 Å². The lowest BCUT2D eigenvalue weighted by Gasteiger charge is -2.17. The molecule has 0 atom stereocenters. The van der Waals surface area contributed by atoms with Gasteiger partial charge in [0.15, 0.2) is 23.3 Å². The van der Waals surface area contributed by atoms with Gasteiger partial charge < -0.3 is 24.6 Å². The number of halogens is 3. The Morgan fingerprint density at radius 1 is 1.30 bits per heavy atom. The van der Waals surface area contributed by atoms with Gasteiger partial charge in [-0.15, -0.1) is 24.0 Å². The molecular formula is C16H22F2IN5O3. The van der Waals surface area contributed by atoms with Crippen molar-refractivity contribution < 1.29 is 22.8 Å². The highest BCUT2D eigenvalue weighted by Gasteiger charge is 2.16. The summed E-state index contributed by atoms with van der Waals surface area (Å²) in [6.07, 6.45) is 0. The van der Waals surface area contributed by atoms with E-state index >= 15 is 0 Å². The minimum absolute atomic E-state index is 0. The van der Waals surface area contributed by atoms with E-state index in [2.05, 4.69) is 30.5 Å². The van der Waals surface area contributed by atoms with Gasteiger partial charge in [0.1, 0.15) is 0 Å². The van der Waals surface area contributed by atoms with E-state index in [1.165, 1.54) is 0 Å². The van der Waals surface area contributed by atoms with Crippen molar-refractivity contribution in [3.63, 3.8) is 0 Å². The summed E-state index contributed by atoms with van der Waals surface area (Å²) in [6.45, 7) is 1.35. The number of aliphatic imine (C=N–C) groups is 1. The maximum atomic E-state index is 12.7. The number of hydrogen-bond acceptors (Lipinski definition) is 6. The fraction of sp³-hybridized carbons (Fsp3) is 0.438. The second-order valence-electron chi connectivity index (χ2n) is 5.06. The molecule has 2 N–H and O–H groups in total. The van der Waals surface area contributed by atoms with E-state index in [9.17, 15) is 8.78 Å². The molecule has 11 heteroatoms. The van der Waals surface area contributed by atoms with Crippen molar-refractivity contribution in [2.75, 3.05) is 13.7 Å². The monoisotopic (exact) mass is 497 g/mol. The molecule has 0 saturated carbocycles. The summed E-state index contributed by atoms with van der Waals surface area (Å²) in [5, 5.41) is 9.79. The van der Waals surface area contributed by atoms with Crippen LogP contribution >= 0.6 is 24.0 Å². The molecule has 0 radical (unpaired) electrons. The van der Waals surface area contributed by atoms with Gasteiger partial charge in [-0.2, -0.15) is 13.8 Å². The summed E-state index contributed by atoms with van der Waals surface area (Å²) in [5.74, 6) is 1.65. The van der Waals surface area contributed by atoms with Crippen molar-refractivity contribution in [2.45, 2.75) is 33.5 Å². The van der Waals surface area contributed by atoms with Gasteiger partial charge >= 0.3 is 6.61 Å². The number of para-hydroxylation sites is 1. The Balaban J connectivity index is 0.00000364. The predicted molar refractivity (Wildman–Crippen MR) is 106 cm³/mol. The first-order valence-corrected chi connectivity index (χ1v) is 7.96. The van der Waals surface area contributed by atoms with E-state index in [-0.39, 0.29) is 42.0 Å². The Morgan fingerprint density at radius 3 is 2.63 bits per heavy atom. The van der Waals surface area contributed by atoms with Crippen molar-refractivity contribution in [2.24, 2.45) is 4.99 Å². The molecule has 2 rings (SSSR count). The Kier molecular flexibility index (Phi) is 9.75. The normalized spacial score (nSPS) is 11.1. The SMILES string of the molecule is CCOc1cccc(CNC(=NC)NCc2noc(C)n2)c1OC(F)F.I. The lowest BCUT2D eigenvalue weighted by atomic mass is 10.2. The molecule has 1 aromatic carbocycles. The maximum Gasteiger partial charge on any atom is 0.387 e. The third-order valence-corrected chi connectivity index (χ3v) is 3.22. The van der Waals surface area contributed by atoms with Gasteiger partial charge in [-0.05, 0) is 13.0 Å². The van der Waals surface area contributed by atoms with Gasteiger partial charge in [0.2, 0.25) is 5.89 Å². The highest BCUT2D eigenvalue weighted by atomic mass is 127. The van der Waals surface area contributed by atoms with Crippen LogP contribution in [0.5, 0.6) is 11.5 Å². The van der Waals surface area contributed by atoms with Crippen LogP contribution in [0, 0.1) is 6.92 Å². The summed E-state index contributed by atoms with van der Waals surface area (Å²) >= 11 is 0. The zero-order valence-electron chi connectivity index (χ0n) is 15.2. The number of rotatable bonds is 8. The van der Waals surface area contributed by atoms with E-state index in [0.717, 1.165) is 0 Å². The zero-order chi connectivity index (χ0) is 18.9. The first-order valence-electron chi connectivity index (χ1n) is 7.96. The molecular weight excluding hydrogens is 475 g/mol.